The fourth-order valence-electron chi connectivity index (χ4n) is 8.17. The maximum atomic E-state index is 7.01. The van der Waals surface area contributed by atoms with E-state index in [9.17, 15) is 0 Å². The van der Waals surface area contributed by atoms with E-state index in [-0.39, 0.29) is 5.41 Å². The zero-order chi connectivity index (χ0) is 23.3. The lowest BCUT2D eigenvalue weighted by atomic mass is 9.46. The van der Waals surface area contributed by atoms with Crippen LogP contribution in [0.1, 0.15) is 65.7 Å². The van der Waals surface area contributed by atoms with E-state index in [1.165, 1.54) is 37.8 Å². The Morgan fingerprint density at radius 2 is 1.78 bits per heavy atom. The molecule has 0 N–H and O–H groups in total. The van der Waals surface area contributed by atoms with E-state index >= 15 is 0 Å². The van der Waals surface area contributed by atoms with Gasteiger partial charge in [-0.05, 0) is 106 Å². The average Bonchev–Trinajstić information content (AvgIpc) is 3.05. The van der Waals surface area contributed by atoms with Gasteiger partial charge in [-0.15, -0.1) is 0 Å². The second-order valence-electron chi connectivity index (χ2n) is 12.2. The average molecular weight is 461 g/mol. The highest BCUT2D eigenvalue weighted by Crippen LogP contribution is 2.67. The number of nitrogens with zero attached hydrogens (tertiary/aromatic N) is 2. The molecule has 0 radical (unpaired) electrons. The highest BCUT2D eigenvalue weighted by atomic mass is 28.4. The summed E-state index contributed by atoms with van der Waals surface area (Å²) in [4.78, 5) is 10.3. The third kappa shape index (κ3) is 4.00. The standard InChI is InChI=1S/C26H44N2O3Si/c1-17(27-29-4)20-9-10-21-24-22(12-14-26(20,21)3)25(2)13-11-19(28-30-5)15-18(25)16-23(24)31-32(6,7)8/h15,20-24H,9-14,16H2,1-8H3/b27-17-,28-19+/t20-,21+,22+,23?,24+,25+,26-/m1/s1. The normalized spacial score (nSPS) is 43.2. The van der Waals surface area contributed by atoms with Crippen molar-refractivity contribution in [2.45, 2.75) is 91.5 Å². The van der Waals surface area contributed by atoms with Gasteiger partial charge >= 0.3 is 0 Å². The molecule has 3 saturated carbocycles. The van der Waals surface area contributed by atoms with E-state index in [1.807, 2.05) is 0 Å². The first-order chi connectivity index (χ1) is 15.0. The van der Waals surface area contributed by atoms with Crippen molar-refractivity contribution in [1.29, 1.82) is 0 Å². The maximum Gasteiger partial charge on any atom is 0.184 e. The second kappa shape index (κ2) is 8.57. The molecule has 0 spiro atoms. The molecule has 5 nitrogen and oxygen atoms in total. The Morgan fingerprint density at radius 1 is 1.03 bits per heavy atom. The molecular formula is C26H44N2O3Si. The van der Waals surface area contributed by atoms with E-state index in [4.69, 9.17) is 14.1 Å². The van der Waals surface area contributed by atoms with Crippen LogP contribution in [0.2, 0.25) is 19.6 Å². The van der Waals surface area contributed by atoms with Crippen molar-refractivity contribution < 1.29 is 14.1 Å². The van der Waals surface area contributed by atoms with Gasteiger partial charge in [0.25, 0.3) is 0 Å². The number of fused-ring (bicyclic) bond motifs is 5. The molecule has 4 aliphatic rings. The lowest BCUT2D eigenvalue weighted by Crippen LogP contribution is -2.57. The Kier molecular flexibility index (Phi) is 6.43. The summed E-state index contributed by atoms with van der Waals surface area (Å²) in [5.41, 5.74) is 4.38. The van der Waals surface area contributed by atoms with E-state index in [1.54, 1.807) is 19.8 Å². The molecule has 0 aromatic heterocycles. The van der Waals surface area contributed by atoms with Gasteiger partial charge in [0, 0.05) is 5.92 Å². The first-order valence-electron chi connectivity index (χ1n) is 12.6. The van der Waals surface area contributed by atoms with Gasteiger partial charge in [0.2, 0.25) is 0 Å². The lowest BCUT2D eigenvalue weighted by molar-refractivity contribution is -0.0963. The first kappa shape index (κ1) is 24.0. The van der Waals surface area contributed by atoms with Crippen molar-refractivity contribution in [2.75, 3.05) is 14.2 Å². The molecule has 180 valence electrons. The molecule has 0 heterocycles. The monoisotopic (exact) mass is 460 g/mol. The summed E-state index contributed by atoms with van der Waals surface area (Å²) in [5, 5.41) is 8.69. The highest BCUT2D eigenvalue weighted by Gasteiger charge is 2.62. The van der Waals surface area contributed by atoms with E-state index in [2.05, 4.69) is 56.8 Å². The largest absolute Gasteiger partial charge is 0.414 e. The Hall–Kier alpha value is -1.14. The SMILES string of the molecule is CO/N=C(/C)[C@H]1CC[C@H]2[C@@H]3C(O[Si](C)(C)C)CC4=C/C(=N/OC)CC[C@]4(C)[C@H]3CC[C@]12C. The highest BCUT2D eigenvalue weighted by molar-refractivity contribution is 6.69. The van der Waals surface area contributed by atoms with Crippen LogP contribution in [0.15, 0.2) is 22.0 Å². The van der Waals surface area contributed by atoms with Crippen LogP contribution in [0.25, 0.3) is 0 Å². The molecule has 1 unspecified atom stereocenters. The Morgan fingerprint density at radius 3 is 2.44 bits per heavy atom. The zero-order valence-electron chi connectivity index (χ0n) is 21.5. The number of rotatable bonds is 5. The topological polar surface area (TPSA) is 52.4 Å². The van der Waals surface area contributed by atoms with Crippen molar-refractivity contribution >= 4 is 19.7 Å². The zero-order valence-corrected chi connectivity index (χ0v) is 22.5. The minimum Gasteiger partial charge on any atom is -0.414 e. The summed E-state index contributed by atoms with van der Waals surface area (Å²) < 4.78 is 7.01. The van der Waals surface area contributed by atoms with Gasteiger partial charge in [0.05, 0.1) is 17.5 Å². The minimum absolute atomic E-state index is 0.256. The minimum atomic E-state index is -1.68. The van der Waals surface area contributed by atoms with Crippen molar-refractivity contribution in [3.05, 3.63) is 11.6 Å². The van der Waals surface area contributed by atoms with Crippen molar-refractivity contribution in [1.82, 2.24) is 0 Å². The molecule has 0 aromatic rings. The van der Waals surface area contributed by atoms with Gasteiger partial charge in [0.15, 0.2) is 8.32 Å². The van der Waals surface area contributed by atoms with Gasteiger partial charge in [-0.25, -0.2) is 0 Å². The summed E-state index contributed by atoms with van der Waals surface area (Å²) in [6.45, 7) is 14.3. The molecule has 32 heavy (non-hydrogen) atoms. The lowest BCUT2D eigenvalue weighted by Gasteiger charge is -2.61. The fourth-order valence-corrected chi connectivity index (χ4v) is 9.32. The third-order valence-corrected chi connectivity index (χ3v) is 10.4. The van der Waals surface area contributed by atoms with E-state index < -0.39 is 8.32 Å². The molecule has 0 aromatic carbocycles. The number of oxime groups is 2. The van der Waals surface area contributed by atoms with E-state index in [0.29, 0.717) is 35.2 Å². The third-order valence-electron chi connectivity index (χ3n) is 9.43. The molecular weight excluding hydrogens is 416 g/mol. The van der Waals surface area contributed by atoms with Gasteiger partial charge in [-0.3, -0.25) is 0 Å². The smallest absolute Gasteiger partial charge is 0.184 e. The van der Waals surface area contributed by atoms with Crippen LogP contribution in [0.5, 0.6) is 0 Å². The van der Waals surface area contributed by atoms with Crippen LogP contribution in [-0.2, 0) is 14.1 Å². The Labute approximate surface area is 196 Å². The number of hydrogen-bond acceptors (Lipinski definition) is 5. The predicted molar refractivity (Wildman–Crippen MR) is 133 cm³/mol. The summed E-state index contributed by atoms with van der Waals surface area (Å²) in [7, 11) is 1.65. The Bertz CT molecular complexity index is 816. The summed E-state index contributed by atoms with van der Waals surface area (Å²) in [5.74, 6) is 2.54. The van der Waals surface area contributed by atoms with Crippen LogP contribution >= 0.6 is 0 Å². The summed E-state index contributed by atoms with van der Waals surface area (Å²) in [6.07, 6.45) is 11.0. The molecule has 0 bridgehead atoms. The molecule has 0 aliphatic heterocycles. The molecule has 0 saturated heterocycles. The van der Waals surface area contributed by atoms with Crippen LogP contribution in [0.3, 0.4) is 0 Å². The number of allylic oxidation sites excluding steroid dienone is 1. The van der Waals surface area contributed by atoms with Crippen LogP contribution in [-0.4, -0.2) is 40.1 Å². The molecule has 3 fully saturated rings. The Balaban J connectivity index is 1.73. The molecule has 4 rings (SSSR count). The molecule has 7 atom stereocenters. The molecule has 0 amide bonds. The predicted octanol–water partition coefficient (Wildman–Crippen LogP) is 6.42. The molecule has 6 heteroatoms. The van der Waals surface area contributed by atoms with Gasteiger partial charge in [-0.2, -0.15) is 0 Å². The van der Waals surface area contributed by atoms with Crippen LogP contribution < -0.4 is 0 Å². The summed E-state index contributed by atoms with van der Waals surface area (Å²) >= 11 is 0. The first-order valence-corrected chi connectivity index (χ1v) is 16.0. The van der Waals surface area contributed by atoms with Crippen molar-refractivity contribution in [2.24, 2.45) is 44.8 Å². The van der Waals surface area contributed by atoms with Gasteiger partial charge in [0.1, 0.15) is 14.2 Å². The van der Waals surface area contributed by atoms with Crippen molar-refractivity contribution in [3.63, 3.8) is 0 Å². The maximum absolute atomic E-state index is 7.01. The number of hydrogen-bond donors (Lipinski definition) is 0. The van der Waals surface area contributed by atoms with Gasteiger partial charge < -0.3 is 14.1 Å². The van der Waals surface area contributed by atoms with Gasteiger partial charge in [-0.1, -0.05) is 29.7 Å². The van der Waals surface area contributed by atoms with Crippen LogP contribution in [0.4, 0.5) is 0 Å². The summed E-state index contributed by atoms with van der Waals surface area (Å²) in [6, 6.07) is 0. The fraction of sp³-hybridized carbons (Fsp3) is 0.846. The second-order valence-corrected chi connectivity index (χ2v) is 16.7. The van der Waals surface area contributed by atoms with E-state index in [0.717, 1.165) is 18.6 Å². The van der Waals surface area contributed by atoms with Crippen LogP contribution in [0, 0.1) is 34.5 Å². The van der Waals surface area contributed by atoms with Crippen molar-refractivity contribution in [3.8, 4) is 0 Å². The quantitative estimate of drug-likeness (QED) is 0.270. The molecule has 4 aliphatic carbocycles.